The van der Waals surface area contributed by atoms with Crippen molar-refractivity contribution in [1.82, 2.24) is 9.38 Å². The summed E-state index contributed by atoms with van der Waals surface area (Å²) in [6.07, 6.45) is 1.70. The average molecular weight is 468 g/mol. The molecule has 8 heteroatoms. The summed E-state index contributed by atoms with van der Waals surface area (Å²) in [5, 5.41) is 1.66. The fraction of sp³-hybridized carbons (Fsp3) is 0.111. The number of methoxy groups -OCH3 is 3. The van der Waals surface area contributed by atoms with Crippen LogP contribution < -0.4 is 4.74 Å². The Labute approximate surface area is 199 Å². The summed E-state index contributed by atoms with van der Waals surface area (Å²) in [6.45, 7) is 0. The van der Waals surface area contributed by atoms with Crippen molar-refractivity contribution >= 4 is 45.0 Å². The Balaban J connectivity index is 1.95. The number of benzene rings is 2. The predicted octanol–water partition coefficient (Wildman–Crippen LogP) is 4.45. The number of hydrogen-bond donors (Lipinski definition) is 0. The quantitative estimate of drug-likeness (QED) is 0.214. The lowest BCUT2D eigenvalue weighted by Gasteiger charge is -2.10. The zero-order valence-corrected chi connectivity index (χ0v) is 19.2. The lowest BCUT2D eigenvalue weighted by atomic mass is 10.0. The van der Waals surface area contributed by atoms with E-state index in [1.54, 1.807) is 40.9 Å². The van der Waals surface area contributed by atoms with Crippen molar-refractivity contribution in [3.63, 3.8) is 0 Å². The third kappa shape index (κ3) is 3.38. The van der Waals surface area contributed by atoms with E-state index >= 15 is 0 Å². The summed E-state index contributed by atoms with van der Waals surface area (Å²) in [5.74, 6) is -1.45. The summed E-state index contributed by atoms with van der Waals surface area (Å²) < 4.78 is 16.8. The Morgan fingerprint density at radius 1 is 0.743 bits per heavy atom. The zero-order valence-electron chi connectivity index (χ0n) is 19.2. The molecule has 0 aliphatic heterocycles. The van der Waals surface area contributed by atoms with E-state index < -0.39 is 17.7 Å². The highest BCUT2D eigenvalue weighted by molar-refractivity contribution is 6.21. The van der Waals surface area contributed by atoms with Gasteiger partial charge >= 0.3 is 11.9 Å². The van der Waals surface area contributed by atoms with Crippen LogP contribution in [0.1, 0.15) is 36.8 Å². The van der Waals surface area contributed by atoms with E-state index in [0.717, 1.165) is 16.3 Å². The zero-order chi connectivity index (χ0) is 24.7. The van der Waals surface area contributed by atoms with Gasteiger partial charge in [0.1, 0.15) is 22.6 Å². The second-order valence-electron chi connectivity index (χ2n) is 7.76. The van der Waals surface area contributed by atoms with Crippen molar-refractivity contribution < 1.29 is 28.6 Å². The highest BCUT2D eigenvalue weighted by atomic mass is 16.5. The van der Waals surface area contributed by atoms with Crippen LogP contribution >= 0.6 is 0 Å². The van der Waals surface area contributed by atoms with Crippen molar-refractivity contribution in [1.29, 1.82) is 0 Å². The molecule has 0 aliphatic rings. The highest BCUT2D eigenvalue weighted by Gasteiger charge is 2.34. The third-order valence-electron chi connectivity index (χ3n) is 6.01. The van der Waals surface area contributed by atoms with Crippen LogP contribution in [0.2, 0.25) is 0 Å². The Morgan fingerprint density at radius 3 is 2.11 bits per heavy atom. The molecule has 35 heavy (non-hydrogen) atoms. The fourth-order valence-corrected chi connectivity index (χ4v) is 4.40. The topological polar surface area (TPSA) is 96.2 Å². The van der Waals surface area contributed by atoms with Gasteiger partial charge in [-0.3, -0.25) is 9.78 Å². The molecule has 0 aliphatic carbocycles. The monoisotopic (exact) mass is 468 g/mol. The molecule has 0 fully saturated rings. The molecule has 8 nitrogen and oxygen atoms in total. The molecule has 3 aromatic heterocycles. The second kappa shape index (κ2) is 8.57. The lowest BCUT2D eigenvalue weighted by molar-refractivity contribution is 0.0556. The van der Waals surface area contributed by atoms with Crippen LogP contribution in [0.25, 0.3) is 27.3 Å². The third-order valence-corrected chi connectivity index (χ3v) is 6.01. The molecule has 3 heterocycles. The van der Waals surface area contributed by atoms with E-state index in [-0.39, 0.29) is 16.8 Å². The van der Waals surface area contributed by atoms with E-state index in [1.165, 1.54) is 21.3 Å². The Morgan fingerprint density at radius 2 is 1.43 bits per heavy atom. The minimum absolute atomic E-state index is 0.00579. The molecule has 0 amide bonds. The van der Waals surface area contributed by atoms with Gasteiger partial charge in [0, 0.05) is 22.5 Å². The summed E-state index contributed by atoms with van der Waals surface area (Å²) in [7, 11) is 3.95. The minimum Gasteiger partial charge on any atom is -0.497 e. The molecule has 2 aromatic carbocycles. The van der Waals surface area contributed by atoms with Crippen LogP contribution in [0.5, 0.6) is 5.75 Å². The summed E-state index contributed by atoms with van der Waals surface area (Å²) in [4.78, 5) is 44.2. The molecule has 174 valence electrons. The van der Waals surface area contributed by atoms with Crippen LogP contribution in [-0.4, -0.2) is 48.4 Å². The van der Waals surface area contributed by atoms with Gasteiger partial charge in [0.15, 0.2) is 0 Å². The van der Waals surface area contributed by atoms with Crippen LogP contribution in [-0.2, 0) is 9.47 Å². The predicted molar refractivity (Wildman–Crippen MR) is 129 cm³/mol. The number of ketones is 1. The number of esters is 2. The highest BCUT2D eigenvalue weighted by Crippen LogP contribution is 2.33. The van der Waals surface area contributed by atoms with E-state index in [9.17, 15) is 14.4 Å². The number of nitrogens with zero attached hydrogens (tertiary/aromatic N) is 2. The number of rotatable bonds is 5. The van der Waals surface area contributed by atoms with Gasteiger partial charge < -0.3 is 18.6 Å². The molecule has 5 aromatic rings. The van der Waals surface area contributed by atoms with E-state index in [1.807, 2.05) is 30.3 Å². The summed E-state index contributed by atoms with van der Waals surface area (Å²) in [6, 6.07) is 17.4. The van der Waals surface area contributed by atoms with Gasteiger partial charge in [0.25, 0.3) is 0 Å². The van der Waals surface area contributed by atoms with Gasteiger partial charge in [-0.2, -0.15) is 0 Å². The number of pyridine rings is 2. The molecule has 0 saturated heterocycles. The molecule has 0 spiro atoms. The number of carbonyl (C=O) groups excluding carboxylic acids is 3. The first kappa shape index (κ1) is 22.1. The van der Waals surface area contributed by atoms with Gasteiger partial charge in [-0.15, -0.1) is 0 Å². The van der Waals surface area contributed by atoms with E-state index in [2.05, 4.69) is 4.98 Å². The molecule has 0 N–H and O–H groups in total. The number of hydrogen-bond acceptors (Lipinski definition) is 7. The van der Waals surface area contributed by atoms with Crippen molar-refractivity contribution in [3.05, 3.63) is 89.2 Å². The molecule has 0 atom stereocenters. The normalized spacial score (nSPS) is 11.1. The van der Waals surface area contributed by atoms with Crippen molar-refractivity contribution in [2.45, 2.75) is 0 Å². The Bertz CT molecular complexity index is 1650. The first-order valence-electron chi connectivity index (χ1n) is 10.7. The van der Waals surface area contributed by atoms with Crippen LogP contribution in [0.3, 0.4) is 0 Å². The van der Waals surface area contributed by atoms with Crippen molar-refractivity contribution in [3.8, 4) is 5.75 Å². The molecule has 0 radical (unpaired) electrons. The molecular formula is C27H20N2O6. The van der Waals surface area contributed by atoms with Crippen LogP contribution in [0, 0.1) is 0 Å². The van der Waals surface area contributed by atoms with Crippen molar-refractivity contribution in [2.75, 3.05) is 21.3 Å². The summed E-state index contributed by atoms with van der Waals surface area (Å²) >= 11 is 0. The minimum atomic E-state index is -0.818. The van der Waals surface area contributed by atoms with Crippen LogP contribution in [0.4, 0.5) is 0 Å². The Kier molecular flexibility index (Phi) is 5.41. The Hall–Kier alpha value is -4.72. The number of fused-ring (bicyclic) bond motifs is 5. The van der Waals surface area contributed by atoms with Gasteiger partial charge in [0.2, 0.25) is 5.78 Å². The fourth-order valence-electron chi connectivity index (χ4n) is 4.40. The average Bonchev–Trinajstić information content (AvgIpc) is 3.27. The van der Waals surface area contributed by atoms with E-state index in [4.69, 9.17) is 14.2 Å². The van der Waals surface area contributed by atoms with Gasteiger partial charge in [-0.1, -0.05) is 12.1 Å². The first-order chi connectivity index (χ1) is 17.0. The maximum atomic E-state index is 13.9. The largest absolute Gasteiger partial charge is 0.497 e. The smallest absolute Gasteiger partial charge is 0.341 e. The van der Waals surface area contributed by atoms with Crippen LogP contribution in [0.15, 0.2) is 66.9 Å². The number of aromatic nitrogens is 2. The van der Waals surface area contributed by atoms with Crippen molar-refractivity contribution in [2.24, 2.45) is 0 Å². The number of ether oxygens (including phenoxy) is 3. The molecule has 0 bridgehead atoms. The second-order valence-corrected chi connectivity index (χ2v) is 7.76. The number of carbonyl (C=O) groups is 3. The lowest BCUT2D eigenvalue weighted by Crippen LogP contribution is -2.15. The maximum absolute atomic E-state index is 13.9. The van der Waals surface area contributed by atoms with E-state index in [0.29, 0.717) is 22.3 Å². The first-order valence-corrected chi connectivity index (χ1v) is 10.7. The molecule has 0 unspecified atom stereocenters. The van der Waals surface area contributed by atoms with Gasteiger partial charge in [-0.05, 0) is 48.5 Å². The van der Waals surface area contributed by atoms with Gasteiger partial charge in [-0.25, -0.2) is 9.59 Å². The molecule has 5 rings (SSSR count). The summed E-state index contributed by atoms with van der Waals surface area (Å²) in [5.41, 5.74) is 1.88. The SMILES string of the molecule is COC(=O)c1c(C(=O)OC)c2ccc3c4cccnc4ccc3n2c1C(=O)c1ccc(OC)cc1. The molecular weight excluding hydrogens is 448 g/mol. The molecule has 0 saturated carbocycles. The van der Waals surface area contributed by atoms with Gasteiger partial charge in [0.05, 0.1) is 37.9 Å². The standard InChI is InChI=1S/C27H20N2O6/c1-33-16-8-6-15(7-9-16)25(30)24-23(27(32)35-3)22(26(31)34-2)21-12-10-18-17-5-4-14-28-19(17)11-13-20(18)29(21)24/h4-14H,1-3H3. The maximum Gasteiger partial charge on any atom is 0.341 e.